The number of anilines is 1. The second kappa shape index (κ2) is 4.08. The van der Waals surface area contributed by atoms with Crippen molar-refractivity contribution in [3.05, 3.63) is 29.8 Å². The fourth-order valence-electron chi connectivity index (χ4n) is 1.28. The molecule has 0 aliphatic rings. The van der Waals surface area contributed by atoms with Gasteiger partial charge in [0, 0.05) is 19.3 Å². The Balaban J connectivity index is 2.22. The molecule has 0 atom stereocenters. The summed E-state index contributed by atoms with van der Waals surface area (Å²) in [5, 5.41) is 12.4. The first-order chi connectivity index (χ1) is 8.09. The lowest BCUT2D eigenvalue weighted by Gasteiger charge is -2.12. The van der Waals surface area contributed by atoms with Gasteiger partial charge < -0.3 is 10.6 Å². The molecule has 2 amide bonds. The van der Waals surface area contributed by atoms with E-state index in [1.54, 1.807) is 13.2 Å². The van der Waals surface area contributed by atoms with Gasteiger partial charge in [-0.15, -0.1) is 0 Å². The van der Waals surface area contributed by atoms with E-state index in [4.69, 9.17) is 5.73 Å². The molecule has 0 unspecified atom stereocenters. The number of carbonyl (C=O) groups is 2. The Bertz CT molecular complexity index is 544. The van der Waals surface area contributed by atoms with Crippen LogP contribution in [-0.4, -0.2) is 39.3 Å². The number of hydrogen-bond donors (Lipinski definition) is 3. The number of aromatic amines is 2. The summed E-state index contributed by atoms with van der Waals surface area (Å²) >= 11 is 0. The number of nitrogens with zero attached hydrogens (tertiary/aromatic N) is 3. The average molecular weight is 234 g/mol. The third-order valence-electron chi connectivity index (χ3n) is 2.24. The van der Waals surface area contributed by atoms with E-state index in [1.165, 1.54) is 17.2 Å². The van der Waals surface area contributed by atoms with Gasteiger partial charge in [-0.05, 0) is 0 Å². The zero-order valence-electron chi connectivity index (χ0n) is 8.97. The average Bonchev–Trinajstić information content (AvgIpc) is 2.97. The summed E-state index contributed by atoms with van der Waals surface area (Å²) in [5.74, 6) is -1.03. The molecule has 8 heteroatoms. The minimum absolute atomic E-state index is 0.0222. The largest absolute Gasteiger partial charge is 0.364 e. The molecular weight excluding hydrogens is 224 g/mol. The molecule has 0 fully saturated rings. The smallest absolute Gasteiger partial charge is 0.276 e. The van der Waals surface area contributed by atoms with Crippen LogP contribution in [-0.2, 0) is 0 Å². The van der Waals surface area contributed by atoms with Gasteiger partial charge in [-0.25, -0.2) is 0 Å². The molecule has 2 aromatic rings. The summed E-state index contributed by atoms with van der Waals surface area (Å²) < 4.78 is 0. The van der Waals surface area contributed by atoms with Crippen molar-refractivity contribution in [3.8, 4) is 0 Å². The van der Waals surface area contributed by atoms with E-state index in [0.717, 1.165) is 0 Å². The van der Waals surface area contributed by atoms with Gasteiger partial charge in [0.25, 0.3) is 11.8 Å². The van der Waals surface area contributed by atoms with E-state index in [0.29, 0.717) is 5.69 Å². The van der Waals surface area contributed by atoms with E-state index in [9.17, 15) is 9.59 Å². The zero-order chi connectivity index (χ0) is 12.4. The maximum absolute atomic E-state index is 11.9. The van der Waals surface area contributed by atoms with Gasteiger partial charge in [0.1, 0.15) is 5.69 Å². The summed E-state index contributed by atoms with van der Waals surface area (Å²) in [5.41, 5.74) is 5.84. The molecule has 17 heavy (non-hydrogen) atoms. The van der Waals surface area contributed by atoms with E-state index in [2.05, 4.69) is 20.4 Å². The van der Waals surface area contributed by atoms with E-state index >= 15 is 0 Å². The SMILES string of the molecule is CN(C(=O)c1cc(C(N)=O)n[nH]1)c1cn[nH]c1. The van der Waals surface area contributed by atoms with Gasteiger partial charge in [-0.3, -0.25) is 19.8 Å². The Morgan fingerprint density at radius 1 is 1.47 bits per heavy atom. The van der Waals surface area contributed by atoms with Gasteiger partial charge in [0.15, 0.2) is 5.69 Å². The van der Waals surface area contributed by atoms with Crippen molar-refractivity contribution in [1.82, 2.24) is 20.4 Å². The Kier molecular flexibility index (Phi) is 2.61. The molecule has 2 rings (SSSR count). The van der Waals surface area contributed by atoms with Crippen LogP contribution in [0.3, 0.4) is 0 Å². The van der Waals surface area contributed by atoms with Crippen LogP contribution in [0.1, 0.15) is 21.0 Å². The Hall–Kier alpha value is -2.64. The molecule has 0 saturated carbocycles. The Labute approximate surface area is 95.8 Å². The van der Waals surface area contributed by atoms with Crippen LogP contribution in [0.15, 0.2) is 18.5 Å². The number of primary amides is 1. The topological polar surface area (TPSA) is 121 Å². The van der Waals surface area contributed by atoms with Crippen molar-refractivity contribution in [3.63, 3.8) is 0 Å². The third-order valence-corrected chi connectivity index (χ3v) is 2.24. The van der Waals surface area contributed by atoms with Crippen LogP contribution >= 0.6 is 0 Å². The van der Waals surface area contributed by atoms with E-state index < -0.39 is 5.91 Å². The molecule has 0 aromatic carbocycles. The lowest BCUT2D eigenvalue weighted by molar-refractivity contribution is 0.0985. The Morgan fingerprint density at radius 2 is 2.24 bits per heavy atom. The van der Waals surface area contributed by atoms with Gasteiger partial charge >= 0.3 is 0 Å². The predicted molar refractivity (Wildman–Crippen MR) is 58.4 cm³/mol. The lowest BCUT2D eigenvalue weighted by atomic mass is 10.3. The normalized spacial score (nSPS) is 10.2. The number of aromatic nitrogens is 4. The van der Waals surface area contributed by atoms with Crippen molar-refractivity contribution >= 4 is 17.5 Å². The molecule has 0 saturated heterocycles. The summed E-state index contributed by atoms with van der Waals surface area (Å²) in [4.78, 5) is 24.1. The standard InChI is InChI=1S/C9H10N6O2/c1-15(5-3-11-12-4-5)9(17)7-2-6(8(10)16)13-14-7/h2-4H,1H3,(H2,10,16)(H,11,12)(H,13,14). The van der Waals surface area contributed by atoms with Gasteiger partial charge in [0.05, 0.1) is 11.9 Å². The number of nitrogens with two attached hydrogens (primary N) is 1. The molecule has 0 bridgehead atoms. The first-order valence-corrected chi connectivity index (χ1v) is 4.71. The highest BCUT2D eigenvalue weighted by Gasteiger charge is 2.18. The number of nitrogens with one attached hydrogen (secondary N) is 2. The highest BCUT2D eigenvalue weighted by Crippen LogP contribution is 2.12. The molecule has 0 aliphatic heterocycles. The van der Waals surface area contributed by atoms with Gasteiger partial charge in [-0.1, -0.05) is 0 Å². The highest BCUT2D eigenvalue weighted by molar-refractivity contribution is 6.05. The number of rotatable bonds is 3. The first-order valence-electron chi connectivity index (χ1n) is 4.71. The fourth-order valence-corrected chi connectivity index (χ4v) is 1.28. The second-order valence-electron chi connectivity index (χ2n) is 3.35. The minimum Gasteiger partial charge on any atom is -0.364 e. The monoisotopic (exact) mass is 234 g/mol. The molecule has 8 nitrogen and oxygen atoms in total. The zero-order valence-corrected chi connectivity index (χ0v) is 8.97. The van der Waals surface area contributed by atoms with Crippen molar-refractivity contribution in [2.45, 2.75) is 0 Å². The quantitative estimate of drug-likeness (QED) is 0.663. The van der Waals surface area contributed by atoms with Crippen molar-refractivity contribution in [2.75, 3.05) is 11.9 Å². The number of carbonyl (C=O) groups excluding carboxylic acids is 2. The van der Waals surface area contributed by atoms with Crippen LogP contribution in [0, 0.1) is 0 Å². The van der Waals surface area contributed by atoms with Crippen LogP contribution < -0.4 is 10.6 Å². The fraction of sp³-hybridized carbons (Fsp3) is 0.111. The molecule has 4 N–H and O–H groups in total. The number of hydrogen-bond acceptors (Lipinski definition) is 4. The number of amides is 2. The lowest BCUT2D eigenvalue weighted by Crippen LogP contribution is -2.26. The summed E-state index contributed by atoms with van der Waals surface area (Å²) in [6.07, 6.45) is 3.08. The first kappa shape index (κ1) is 10.9. The predicted octanol–water partition coefficient (Wildman–Crippen LogP) is -0.492. The maximum Gasteiger partial charge on any atom is 0.276 e. The third kappa shape index (κ3) is 2.00. The van der Waals surface area contributed by atoms with Crippen LogP contribution in [0.5, 0.6) is 0 Å². The van der Waals surface area contributed by atoms with Crippen LogP contribution in [0.25, 0.3) is 0 Å². The van der Waals surface area contributed by atoms with Crippen molar-refractivity contribution in [2.24, 2.45) is 5.73 Å². The van der Waals surface area contributed by atoms with Crippen LogP contribution in [0.4, 0.5) is 5.69 Å². The number of H-pyrrole nitrogens is 2. The molecule has 0 aliphatic carbocycles. The highest BCUT2D eigenvalue weighted by atomic mass is 16.2. The van der Waals surface area contributed by atoms with Gasteiger partial charge in [-0.2, -0.15) is 10.2 Å². The molecule has 88 valence electrons. The van der Waals surface area contributed by atoms with Crippen molar-refractivity contribution in [1.29, 1.82) is 0 Å². The summed E-state index contributed by atoms with van der Waals surface area (Å²) in [6.45, 7) is 0. The van der Waals surface area contributed by atoms with Crippen LogP contribution in [0.2, 0.25) is 0 Å². The minimum atomic E-state index is -0.689. The molecule has 0 spiro atoms. The summed E-state index contributed by atoms with van der Waals surface area (Å²) in [6, 6.07) is 1.31. The molecule has 2 heterocycles. The molecule has 0 radical (unpaired) electrons. The van der Waals surface area contributed by atoms with E-state index in [-0.39, 0.29) is 17.3 Å². The van der Waals surface area contributed by atoms with Crippen molar-refractivity contribution < 1.29 is 9.59 Å². The molecular formula is C9H10N6O2. The summed E-state index contributed by atoms with van der Waals surface area (Å²) in [7, 11) is 1.58. The molecule has 2 aromatic heterocycles. The Morgan fingerprint density at radius 3 is 2.76 bits per heavy atom. The van der Waals surface area contributed by atoms with E-state index in [1.807, 2.05) is 0 Å². The maximum atomic E-state index is 11.9. The second-order valence-corrected chi connectivity index (χ2v) is 3.35. The van der Waals surface area contributed by atoms with Gasteiger partial charge in [0.2, 0.25) is 0 Å².